The van der Waals surface area contributed by atoms with Crippen LogP contribution >= 0.6 is 0 Å². The van der Waals surface area contributed by atoms with Crippen molar-refractivity contribution in [2.75, 3.05) is 6.61 Å². The van der Waals surface area contributed by atoms with E-state index in [4.69, 9.17) is 4.74 Å². The second-order valence-corrected chi connectivity index (χ2v) is 6.41. The van der Waals surface area contributed by atoms with Crippen LogP contribution in [-0.4, -0.2) is 18.5 Å². The van der Waals surface area contributed by atoms with E-state index in [1.54, 1.807) is 0 Å². The predicted octanol–water partition coefficient (Wildman–Crippen LogP) is 2.70. The van der Waals surface area contributed by atoms with Crippen molar-refractivity contribution >= 4 is 11.9 Å². The molecule has 0 radical (unpaired) electrons. The molecule has 1 aromatic carbocycles. The van der Waals surface area contributed by atoms with Gasteiger partial charge in [0.2, 0.25) is 0 Å². The average molecular weight is 301 g/mol. The molecule has 3 rings (SSSR count). The van der Waals surface area contributed by atoms with Crippen molar-refractivity contribution in [2.24, 2.45) is 5.92 Å². The third kappa shape index (κ3) is 3.67. The molecule has 1 atom stereocenters. The van der Waals surface area contributed by atoms with Crippen molar-refractivity contribution < 1.29 is 14.3 Å². The van der Waals surface area contributed by atoms with Crippen molar-refractivity contribution in [3.05, 3.63) is 34.9 Å². The lowest BCUT2D eigenvalue weighted by molar-refractivity contribution is -0.150. The number of ether oxygens (including phenoxy) is 1. The zero-order valence-corrected chi connectivity index (χ0v) is 13.1. The Balaban J connectivity index is 1.53. The number of carbonyl (C=O) groups excluding carboxylic acids is 2. The van der Waals surface area contributed by atoms with Gasteiger partial charge in [-0.15, -0.1) is 0 Å². The molecule has 0 heterocycles. The zero-order chi connectivity index (χ0) is 15.5. The Labute approximate surface area is 131 Å². The monoisotopic (exact) mass is 301 g/mol. The molecule has 1 fully saturated rings. The molecule has 1 saturated carbocycles. The number of esters is 1. The van der Waals surface area contributed by atoms with Gasteiger partial charge in [0.05, 0.1) is 12.0 Å². The summed E-state index contributed by atoms with van der Waals surface area (Å²) in [6, 6.07) is 6.40. The van der Waals surface area contributed by atoms with Crippen LogP contribution in [0, 0.1) is 5.92 Å². The first-order chi connectivity index (χ1) is 10.6. The second-order valence-electron chi connectivity index (χ2n) is 6.41. The van der Waals surface area contributed by atoms with Crippen molar-refractivity contribution in [2.45, 2.75) is 51.5 Å². The normalized spacial score (nSPS) is 18.2. The Hall–Kier alpha value is -1.84. The number of hydrogen-bond acceptors (Lipinski definition) is 3. The molecule has 0 unspecified atom stereocenters. The topological polar surface area (TPSA) is 55.4 Å². The van der Waals surface area contributed by atoms with Gasteiger partial charge in [-0.25, -0.2) is 0 Å². The van der Waals surface area contributed by atoms with Crippen molar-refractivity contribution in [3.63, 3.8) is 0 Å². The molecule has 0 bridgehead atoms. The van der Waals surface area contributed by atoms with Crippen LogP contribution in [0.4, 0.5) is 0 Å². The number of benzene rings is 1. The number of nitrogens with one attached hydrogen (secondary N) is 1. The summed E-state index contributed by atoms with van der Waals surface area (Å²) < 4.78 is 5.00. The van der Waals surface area contributed by atoms with E-state index in [9.17, 15) is 9.59 Å². The standard InChI is InChI=1S/C18H23NO3/c1-12(19-17(20)11-22-18(21)14-7-8-14)15-9-6-13-4-2-3-5-16(13)10-15/h6,9-10,12,14H,2-5,7-8,11H2,1H3,(H,19,20)/t12-/m0/s1. The van der Waals surface area contributed by atoms with Crippen molar-refractivity contribution in [3.8, 4) is 0 Å². The van der Waals surface area contributed by atoms with Gasteiger partial charge >= 0.3 is 5.97 Å². The van der Waals surface area contributed by atoms with Crippen molar-refractivity contribution in [1.29, 1.82) is 0 Å². The molecule has 2 aliphatic rings. The summed E-state index contributed by atoms with van der Waals surface area (Å²) in [4.78, 5) is 23.3. The highest BCUT2D eigenvalue weighted by Crippen LogP contribution is 2.30. The quantitative estimate of drug-likeness (QED) is 0.851. The van der Waals surface area contributed by atoms with Crippen molar-refractivity contribution in [1.82, 2.24) is 5.32 Å². The van der Waals surface area contributed by atoms with Crippen LogP contribution in [0.5, 0.6) is 0 Å². The first kappa shape index (κ1) is 15.1. The minimum Gasteiger partial charge on any atom is -0.455 e. The number of rotatable bonds is 5. The average Bonchev–Trinajstić information content (AvgIpc) is 3.37. The Kier molecular flexibility index (Phi) is 4.46. The lowest BCUT2D eigenvalue weighted by Crippen LogP contribution is -2.31. The molecule has 0 aromatic heterocycles. The summed E-state index contributed by atoms with van der Waals surface area (Å²) in [5, 5.41) is 2.90. The van der Waals surface area contributed by atoms with Gasteiger partial charge in [-0.3, -0.25) is 9.59 Å². The molecule has 1 aromatic rings. The van der Waals surface area contributed by atoms with E-state index in [0.29, 0.717) is 0 Å². The number of hydrogen-bond donors (Lipinski definition) is 1. The highest BCUT2D eigenvalue weighted by atomic mass is 16.5. The minimum atomic E-state index is -0.239. The summed E-state index contributed by atoms with van der Waals surface area (Å²) in [5.74, 6) is -0.443. The fourth-order valence-electron chi connectivity index (χ4n) is 2.96. The summed E-state index contributed by atoms with van der Waals surface area (Å²) in [5.41, 5.74) is 3.96. The maximum Gasteiger partial charge on any atom is 0.309 e. The van der Waals surface area contributed by atoms with E-state index in [0.717, 1.165) is 31.2 Å². The molecule has 1 N–H and O–H groups in total. The Morgan fingerprint density at radius 2 is 1.95 bits per heavy atom. The molecule has 0 saturated heterocycles. The predicted molar refractivity (Wildman–Crippen MR) is 83.3 cm³/mol. The van der Waals surface area contributed by atoms with E-state index in [1.165, 1.54) is 24.0 Å². The fraction of sp³-hybridized carbons (Fsp3) is 0.556. The molecule has 4 heteroatoms. The van der Waals surface area contributed by atoms with Gasteiger partial charge in [0, 0.05) is 0 Å². The van der Waals surface area contributed by atoms with E-state index in [2.05, 4.69) is 23.5 Å². The van der Waals surface area contributed by atoms with E-state index < -0.39 is 0 Å². The SMILES string of the molecule is C[C@H](NC(=O)COC(=O)C1CC1)c1ccc2c(c1)CCCC2. The van der Waals surface area contributed by atoms with Crippen LogP contribution in [0.15, 0.2) is 18.2 Å². The van der Waals surface area contributed by atoms with Crippen LogP contribution in [0.1, 0.15) is 55.3 Å². The van der Waals surface area contributed by atoms with E-state index in [1.807, 2.05) is 6.92 Å². The Bertz CT molecular complexity index is 578. The number of carbonyl (C=O) groups is 2. The molecule has 22 heavy (non-hydrogen) atoms. The largest absolute Gasteiger partial charge is 0.455 e. The number of aryl methyl sites for hydroxylation is 2. The van der Waals surface area contributed by atoms with Gasteiger partial charge in [0.1, 0.15) is 0 Å². The molecule has 4 nitrogen and oxygen atoms in total. The van der Waals surface area contributed by atoms with E-state index >= 15 is 0 Å². The van der Waals surface area contributed by atoms with Gasteiger partial charge in [0.25, 0.3) is 5.91 Å². The van der Waals surface area contributed by atoms with Crippen LogP contribution in [0.2, 0.25) is 0 Å². The lowest BCUT2D eigenvalue weighted by atomic mass is 9.89. The van der Waals surface area contributed by atoms with Gasteiger partial charge in [0.15, 0.2) is 6.61 Å². The minimum absolute atomic E-state index is 0.0332. The molecule has 118 valence electrons. The third-order valence-corrected chi connectivity index (χ3v) is 4.51. The molecule has 0 spiro atoms. The zero-order valence-electron chi connectivity index (χ0n) is 13.1. The van der Waals surface area contributed by atoms with Crippen LogP contribution < -0.4 is 5.32 Å². The molecular weight excluding hydrogens is 278 g/mol. The smallest absolute Gasteiger partial charge is 0.309 e. The van der Waals surface area contributed by atoms with Crippen LogP contribution in [0.25, 0.3) is 0 Å². The summed E-state index contributed by atoms with van der Waals surface area (Å²) in [6.45, 7) is 1.79. The maximum atomic E-state index is 11.9. The van der Waals surface area contributed by atoms with E-state index in [-0.39, 0.29) is 30.4 Å². The molecular formula is C18H23NO3. The van der Waals surface area contributed by atoms with Crippen LogP contribution in [0.3, 0.4) is 0 Å². The number of fused-ring (bicyclic) bond motifs is 1. The first-order valence-electron chi connectivity index (χ1n) is 8.21. The summed E-state index contributed by atoms with van der Waals surface area (Å²) in [7, 11) is 0. The highest BCUT2D eigenvalue weighted by Gasteiger charge is 2.31. The third-order valence-electron chi connectivity index (χ3n) is 4.51. The molecule has 2 aliphatic carbocycles. The molecule has 1 amide bonds. The first-order valence-corrected chi connectivity index (χ1v) is 8.21. The van der Waals surface area contributed by atoms with Gasteiger partial charge < -0.3 is 10.1 Å². The lowest BCUT2D eigenvalue weighted by Gasteiger charge is -2.20. The van der Waals surface area contributed by atoms with Crippen LogP contribution in [-0.2, 0) is 27.2 Å². The number of amides is 1. The Morgan fingerprint density at radius 3 is 2.68 bits per heavy atom. The fourth-order valence-corrected chi connectivity index (χ4v) is 2.96. The highest BCUT2D eigenvalue weighted by molar-refractivity contribution is 5.82. The summed E-state index contributed by atoms with van der Waals surface area (Å²) >= 11 is 0. The van der Waals surface area contributed by atoms with Gasteiger partial charge in [-0.2, -0.15) is 0 Å². The summed E-state index contributed by atoms with van der Waals surface area (Å²) in [6.07, 6.45) is 6.59. The maximum absolute atomic E-state index is 11.9. The Morgan fingerprint density at radius 1 is 1.23 bits per heavy atom. The second kappa shape index (κ2) is 6.51. The van der Waals surface area contributed by atoms with Gasteiger partial charge in [-0.1, -0.05) is 18.2 Å². The van der Waals surface area contributed by atoms with Gasteiger partial charge in [-0.05, 0) is 62.1 Å². The molecule has 0 aliphatic heterocycles.